The first-order chi connectivity index (χ1) is 15.7. The largest absolute Gasteiger partial charge is 0.478 e. The highest BCUT2D eigenvalue weighted by molar-refractivity contribution is 5.22. The molecule has 0 aliphatic carbocycles. The number of aryl methyl sites for hydroxylation is 2. The molecule has 1 aliphatic heterocycles. The summed E-state index contributed by atoms with van der Waals surface area (Å²) >= 11 is 0. The lowest BCUT2D eigenvalue weighted by Gasteiger charge is -2.26. The number of H-pyrrole nitrogens is 1. The summed E-state index contributed by atoms with van der Waals surface area (Å²) < 4.78 is 5.84. The summed E-state index contributed by atoms with van der Waals surface area (Å²) in [5.74, 6) is 1.33. The zero-order valence-electron chi connectivity index (χ0n) is 18.7. The molecule has 0 atom stereocenters. The Morgan fingerprint density at radius 3 is 2.69 bits per heavy atom. The average Bonchev–Trinajstić information content (AvgIpc) is 2.81. The van der Waals surface area contributed by atoms with Gasteiger partial charge in [-0.25, -0.2) is 9.97 Å². The first kappa shape index (κ1) is 22.1. The average molecular weight is 434 g/mol. The van der Waals surface area contributed by atoms with Crippen molar-refractivity contribution in [3.05, 3.63) is 81.4 Å². The lowest BCUT2D eigenvalue weighted by atomic mass is 10.1. The van der Waals surface area contributed by atoms with Crippen LogP contribution < -0.4 is 10.3 Å². The molecule has 1 saturated heterocycles. The lowest BCUT2D eigenvalue weighted by molar-refractivity contribution is 0.220. The van der Waals surface area contributed by atoms with Crippen molar-refractivity contribution < 1.29 is 4.74 Å². The molecule has 0 aromatic carbocycles. The molecule has 7 heteroatoms. The highest BCUT2D eigenvalue weighted by atomic mass is 16.5. The van der Waals surface area contributed by atoms with Gasteiger partial charge in [0.1, 0.15) is 5.82 Å². The second-order valence-corrected chi connectivity index (χ2v) is 8.46. The number of likely N-dealkylation sites (tertiary alicyclic amines) is 1. The zero-order chi connectivity index (χ0) is 22.2. The van der Waals surface area contributed by atoms with E-state index in [4.69, 9.17) is 4.74 Å². The molecule has 0 spiro atoms. The molecule has 0 radical (unpaired) electrons. The highest BCUT2D eigenvalue weighted by Crippen LogP contribution is 2.16. The number of piperidine rings is 1. The van der Waals surface area contributed by atoms with E-state index in [1.165, 1.54) is 37.9 Å². The third-order valence-electron chi connectivity index (χ3n) is 5.75. The quantitative estimate of drug-likeness (QED) is 0.520. The van der Waals surface area contributed by atoms with Crippen LogP contribution in [-0.2, 0) is 19.4 Å². The summed E-state index contributed by atoms with van der Waals surface area (Å²) in [4.78, 5) is 30.8. The van der Waals surface area contributed by atoms with Crippen LogP contribution in [0.25, 0.3) is 0 Å². The van der Waals surface area contributed by atoms with Crippen LogP contribution in [0.5, 0.6) is 5.88 Å². The summed E-state index contributed by atoms with van der Waals surface area (Å²) in [7, 11) is 0. The Hall–Kier alpha value is -3.06. The number of hydrogen-bond acceptors (Lipinski definition) is 6. The predicted molar refractivity (Wildman–Crippen MR) is 124 cm³/mol. The number of pyridine rings is 2. The molecule has 0 amide bonds. The number of aromatic amines is 1. The third-order valence-corrected chi connectivity index (χ3v) is 5.75. The number of ether oxygens (including phenoxy) is 1. The van der Waals surface area contributed by atoms with Gasteiger partial charge in [-0.2, -0.15) is 0 Å². The molecule has 3 aromatic rings. The van der Waals surface area contributed by atoms with Crippen molar-refractivity contribution >= 4 is 0 Å². The Balaban J connectivity index is 1.24. The van der Waals surface area contributed by atoms with E-state index < -0.39 is 0 Å². The summed E-state index contributed by atoms with van der Waals surface area (Å²) in [6.45, 7) is 5.77. The highest BCUT2D eigenvalue weighted by Gasteiger charge is 2.11. The fourth-order valence-corrected chi connectivity index (χ4v) is 3.95. The van der Waals surface area contributed by atoms with Gasteiger partial charge in [0.25, 0.3) is 5.56 Å². The maximum Gasteiger partial charge on any atom is 0.254 e. The van der Waals surface area contributed by atoms with Gasteiger partial charge in [-0.15, -0.1) is 0 Å². The molecular weight excluding hydrogens is 402 g/mol. The van der Waals surface area contributed by atoms with Crippen LogP contribution >= 0.6 is 0 Å². The molecule has 4 rings (SSSR count). The summed E-state index contributed by atoms with van der Waals surface area (Å²) in [6, 6.07) is 8.03. The normalized spacial score (nSPS) is 14.4. The molecule has 1 fully saturated rings. The van der Waals surface area contributed by atoms with Crippen LogP contribution in [0.4, 0.5) is 0 Å². The van der Waals surface area contributed by atoms with Gasteiger partial charge in [0.05, 0.1) is 6.61 Å². The second kappa shape index (κ2) is 11.0. The van der Waals surface area contributed by atoms with E-state index in [0.717, 1.165) is 24.2 Å². The number of aromatic nitrogens is 4. The second-order valence-electron chi connectivity index (χ2n) is 8.46. The van der Waals surface area contributed by atoms with Crippen LogP contribution in [-0.4, -0.2) is 44.5 Å². The van der Waals surface area contributed by atoms with E-state index in [2.05, 4.69) is 30.9 Å². The topological polar surface area (TPSA) is 84.0 Å². The molecule has 168 valence electrons. The van der Waals surface area contributed by atoms with Crippen LogP contribution in [0, 0.1) is 6.92 Å². The van der Waals surface area contributed by atoms with E-state index >= 15 is 0 Å². The van der Waals surface area contributed by atoms with Gasteiger partial charge in [-0.05, 0) is 62.5 Å². The Bertz CT molecular complexity index is 1060. The van der Waals surface area contributed by atoms with Gasteiger partial charge in [0.15, 0.2) is 0 Å². The monoisotopic (exact) mass is 433 g/mol. The number of nitrogens with one attached hydrogen (secondary N) is 1. The predicted octanol–water partition coefficient (Wildman–Crippen LogP) is 3.46. The molecule has 3 aromatic heterocycles. The molecule has 0 saturated carbocycles. The van der Waals surface area contributed by atoms with Gasteiger partial charge < -0.3 is 9.72 Å². The van der Waals surface area contributed by atoms with Crippen LogP contribution in [0.2, 0.25) is 0 Å². The fourth-order valence-electron chi connectivity index (χ4n) is 3.95. The van der Waals surface area contributed by atoms with Gasteiger partial charge >= 0.3 is 0 Å². The van der Waals surface area contributed by atoms with Gasteiger partial charge in [-0.1, -0.05) is 12.5 Å². The van der Waals surface area contributed by atoms with Crippen LogP contribution in [0.15, 0.2) is 47.7 Å². The van der Waals surface area contributed by atoms with E-state index in [0.29, 0.717) is 36.7 Å². The van der Waals surface area contributed by atoms with Gasteiger partial charge in [-0.3, -0.25) is 14.7 Å². The molecule has 1 aliphatic rings. The standard InChI is InChI=1S/C25H31N5O2/c1-19-7-8-20(16-27-19)14-22-17-28-23(29-25(22)31)6-5-13-32-24-15-21(9-10-26-24)18-30-11-3-2-4-12-30/h7-10,15-17H,2-6,11-14,18H2,1H3,(H,28,29,31). The zero-order valence-corrected chi connectivity index (χ0v) is 18.7. The van der Waals surface area contributed by atoms with E-state index in [-0.39, 0.29) is 5.56 Å². The van der Waals surface area contributed by atoms with Gasteiger partial charge in [0, 0.05) is 55.3 Å². The number of nitrogens with zero attached hydrogens (tertiary/aromatic N) is 4. The number of hydrogen-bond donors (Lipinski definition) is 1. The first-order valence-electron chi connectivity index (χ1n) is 11.4. The lowest BCUT2D eigenvalue weighted by Crippen LogP contribution is -2.29. The molecular formula is C25H31N5O2. The van der Waals surface area contributed by atoms with Crippen molar-refractivity contribution in [1.29, 1.82) is 0 Å². The Labute approximate surface area is 188 Å². The van der Waals surface area contributed by atoms with Crippen molar-refractivity contribution in [2.75, 3.05) is 19.7 Å². The maximum absolute atomic E-state index is 12.4. The third kappa shape index (κ3) is 6.47. The van der Waals surface area contributed by atoms with Gasteiger partial charge in [0.2, 0.25) is 5.88 Å². The Kier molecular flexibility index (Phi) is 7.61. The molecule has 0 bridgehead atoms. The Morgan fingerprint density at radius 1 is 1.03 bits per heavy atom. The number of rotatable bonds is 9. The SMILES string of the molecule is Cc1ccc(Cc2cnc(CCCOc3cc(CN4CCCCC4)ccn3)[nH]c2=O)cn1. The van der Waals surface area contributed by atoms with E-state index in [9.17, 15) is 4.79 Å². The van der Waals surface area contributed by atoms with Crippen molar-refractivity contribution in [3.8, 4) is 5.88 Å². The summed E-state index contributed by atoms with van der Waals surface area (Å²) in [5.41, 5.74) is 3.75. The molecule has 4 heterocycles. The van der Waals surface area contributed by atoms with Crippen molar-refractivity contribution in [2.24, 2.45) is 0 Å². The molecule has 1 N–H and O–H groups in total. The Morgan fingerprint density at radius 2 is 1.91 bits per heavy atom. The summed E-state index contributed by atoms with van der Waals surface area (Å²) in [6.07, 6.45) is 11.1. The van der Waals surface area contributed by atoms with Crippen molar-refractivity contribution in [1.82, 2.24) is 24.8 Å². The fraction of sp³-hybridized carbons (Fsp3) is 0.440. The molecule has 7 nitrogen and oxygen atoms in total. The smallest absolute Gasteiger partial charge is 0.254 e. The van der Waals surface area contributed by atoms with Crippen LogP contribution in [0.1, 0.15) is 53.9 Å². The molecule has 0 unspecified atom stereocenters. The molecule has 32 heavy (non-hydrogen) atoms. The minimum atomic E-state index is -0.0939. The van der Waals surface area contributed by atoms with Crippen molar-refractivity contribution in [3.63, 3.8) is 0 Å². The van der Waals surface area contributed by atoms with Crippen molar-refractivity contribution in [2.45, 2.75) is 52.0 Å². The van der Waals surface area contributed by atoms with Crippen LogP contribution in [0.3, 0.4) is 0 Å². The minimum absolute atomic E-state index is 0.0939. The maximum atomic E-state index is 12.4. The minimum Gasteiger partial charge on any atom is -0.478 e. The van der Waals surface area contributed by atoms with E-state index in [1.54, 1.807) is 12.4 Å². The first-order valence-corrected chi connectivity index (χ1v) is 11.4. The van der Waals surface area contributed by atoms with E-state index in [1.807, 2.05) is 31.3 Å². The summed E-state index contributed by atoms with van der Waals surface area (Å²) in [5, 5.41) is 0.